The number of ether oxygens (including phenoxy) is 2. The number of hydrogen-bond donors (Lipinski definition) is 0. The SMILES string of the molecule is CCCOC(=O)CCCCCCCCCC(=O)OCCC. The number of esters is 2. The van der Waals surface area contributed by atoms with Crippen LogP contribution in [-0.2, 0) is 19.1 Å². The summed E-state index contributed by atoms with van der Waals surface area (Å²) in [7, 11) is 0. The summed E-state index contributed by atoms with van der Waals surface area (Å²) in [5.74, 6) is -0.134. The minimum atomic E-state index is -0.0672. The molecule has 0 rings (SSSR count). The van der Waals surface area contributed by atoms with E-state index in [1.807, 2.05) is 13.8 Å². The number of hydrogen-bond acceptors (Lipinski definition) is 4. The second kappa shape index (κ2) is 15.3. The quantitative estimate of drug-likeness (QED) is 0.352. The van der Waals surface area contributed by atoms with Gasteiger partial charge in [0.2, 0.25) is 0 Å². The second-order valence-corrected chi connectivity index (χ2v) is 5.42. The first-order valence-corrected chi connectivity index (χ1v) is 8.52. The van der Waals surface area contributed by atoms with Gasteiger partial charge in [-0.2, -0.15) is 0 Å². The number of carbonyl (C=O) groups is 2. The van der Waals surface area contributed by atoms with Crippen LogP contribution in [0.15, 0.2) is 0 Å². The van der Waals surface area contributed by atoms with Crippen molar-refractivity contribution in [3.8, 4) is 0 Å². The third-order valence-electron chi connectivity index (χ3n) is 3.20. The van der Waals surface area contributed by atoms with Crippen molar-refractivity contribution in [2.45, 2.75) is 84.5 Å². The lowest BCUT2D eigenvalue weighted by Gasteiger charge is -2.04. The van der Waals surface area contributed by atoms with Crippen LogP contribution in [0.25, 0.3) is 0 Å². The molecule has 0 saturated heterocycles. The van der Waals surface area contributed by atoms with Gasteiger partial charge in [0.15, 0.2) is 0 Å². The highest BCUT2D eigenvalue weighted by Gasteiger charge is 2.03. The van der Waals surface area contributed by atoms with Gasteiger partial charge >= 0.3 is 11.9 Å². The number of rotatable bonds is 14. The minimum Gasteiger partial charge on any atom is -0.466 e. The van der Waals surface area contributed by atoms with Crippen molar-refractivity contribution in [1.82, 2.24) is 0 Å². The molecular weight excluding hydrogens is 268 g/mol. The zero-order valence-electron chi connectivity index (χ0n) is 13.8. The molecule has 0 aliphatic carbocycles. The molecule has 0 N–H and O–H groups in total. The lowest BCUT2D eigenvalue weighted by atomic mass is 10.1. The van der Waals surface area contributed by atoms with Crippen LogP contribution in [0.3, 0.4) is 0 Å². The molecule has 4 heteroatoms. The highest BCUT2D eigenvalue weighted by molar-refractivity contribution is 5.69. The van der Waals surface area contributed by atoms with E-state index >= 15 is 0 Å². The van der Waals surface area contributed by atoms with E-state index in [1.54, 1.807) is 0 Å². The van der Waals surface area contributed by atoms with Crippen LogP contribution >= 0.6 is 0 Å². The van der Waals surface area contributed by atoms with E-state index in [2.05, 4.69) is 0 Å². The topological polar surface area (TPSA) is 52.6 Å². The minimum absolute atomic E-state index is 0.0672. The van der Waals surface area contributed by atoms with Crippen molar-refractivity contribution in [2.24, 2.45) is 0 Å². The molecule has 0 radical (unpaired) electrons. The molecule has 0 bridgehead atoms. The van der Waals surface area contributed by atoms with Gasteiger partial charge in [-0.25, -0.2) is 0 Å². The van der Waals surface area contributed by atoms with Crippen LogP contribution in [-0.4, -0.2) is 25.2 Å². The van der Waals surface area contributed by atoms with Gasteiger partial charge in [0.05, 0.1) is 13.2 Å². The van der Waals surface area contributed by atoms with Gasteiger partial charge in [-0.05, 0) is 25.7 Å². The largest absolute Gasteiger partial charge is 0.466 e. The van der Waals surface area contributed by atoms with Gasteiger partial charge < -0.3 is 9.47 Å². The van der Waals surface area contributed by atoms with Gasteiger partial charge in [-0.15, -0.1) is 0 Å². The van der Waals surface area contributed by atoms with Crippen LogP contribution < -0.4 is 0 Å². The van der Waals surface area contributed by atoms with E-state index in [4.69, 9.17) is 9.47 Å². The number of carbonyl (C=O) groups excluding carboxylic acids is 2. The zero-order chi connectivity index (χ0) is 15.8. The molecule has 0 atom stereocenters. The molecule has 0 aromatic rings. The van der Waals surface area contributed by atoms with Crippen molar-refractivity contribution in [3.05, 3.63) is 0 Å². The molecule has 0 aromatic carbocycles. The monoisotopic (exact) mass is 300 g/mol. The van der Waals surface area contributed by atoms with Crippen LogP contribution in [0.5, 0.6) is 0 Å². The Balaban J connectivity index is 3.19. The van der Waals surface area contributed by atoms with E-state index in [0.29, 0.717) is 26.1 Å². The fourth-order valence-corrected chi connectivity index (χ4v) is 2.00. The predicted molar refractivity (Wildman–Crippen MR) is 84.1 cm³/mol. The molecule has 0 amide bonds. The highest BCUT2D eigenvalue weighted by Crippen LogP contribution is 2.10. The Labute approximate surface area is 129 Å². The van der Waals surface area contributed by atoms with Gasteiger partial charge in [-0.3, -0.25) is 9.59 Å². The summed E-state index contributed by atoms with van der Waals surface area (Å²) in [4.78, 5) is 22.5. The summed E-state index contributed by atoms with van der Waals surface area (Å²) in [6, 6.07) is 0. The van der Waals surface area contributed by atoms with E-state index in [9.17, 15) is 9.59 Å². The smallest absolute Gasteiger partial charge is 0.305 e. The van der Waals surface area contributed by atoms with Crippen LogP contribution in [0, 0.1) is 0 Å². The molecule has 4 nitrogen and oxygen atoms in total. The van der Waals surface area contributed by atoms with Gasteiger partial charge in [0, 0.05) is 12.8 Å². The average molecular weight is 300 g/mol. The maximum absolute atomic E-state index is 11.2. The van der Waals surface area contributed by atoms with Crippen molar-refractivity contribution >= 4 is 11.9 Å². The first-order valence-electron chi connectivity index (χ1n) is 8.52. The molecule has 21 heavy (non-hydrogen) atoms. The Bertz CT molecular complexity index is 238. The maximum atomic E-state index is 11.2. The normalized spacial score (nSPS) is 10.4. The molecule has 124 valence electrons. The summed E-state index contributed by atoms with van der Waals surface area (Å²) in [5, 5.41) is 0. The summed E-state index contributed by atoms with van der Waals surface area (Å²) in [5.41, 5.74) is 0. The van der Waals surface area contributed by atoms with Gasteiger partial charge in [-0.1, -0.05) is 46.0 Å². The Kier molecular flexibility index (Phi) is 14.6. The van der Waals surface area contributed by atoms with Crippen molar-refractivity contribution < 1.29 is 19.1 Å². The Morgan fingerprint density at radius 3 is 1.29 bits per heavy atom. The molecule has 0 aromatic heterocycles. The first kappa shape index (κ1) is 19.9. The molecule has 0 aliphatic heterocycles. The maximum Gasteiger partial charge on any atom is 0.305 e. The average Bonchev–Trinajstić information content (AvgIpc) is 2.49. The third-order valence-corrected chi connectivity index (χ3v) is 3.20. The molecule has 0 spiro atoms. The van der Waals surface area contributed by atoms with E-state index in [-0.39, 0.29) is 11.9 Å². The zero-order valence-corrected chi connectivity index (χ0v) is 13.8. The van der Waals surface area contributed by atoms with E-state index in [0.717, 1.165) is 51.4 Å². The lowest BCUT2D eigenvalue weighted by Crippen LogP contribution is -2.04. The summed E-state index contributed by atoms with van der Waals surface area (Å²) >= 11 is 0. The summed E-state index contributed by atoms with van der Waals surface area (Å²) in [6.45, 7) is 5.08. The van der Waals surface area contributed by atoms with E-state index in [1.165, 1.54) is 6.42 Å². The molecule has 0 saturated carbocycles. The van der Waals surface area contributed by atoms with Crippen molar-refractivity contribution in [1.29, 1.82) is 0 Å². The molecule has 0 fully saturated rings. The number of unbranched alkanes of at least 4 members (excludes halogenated alkanes) is 6. The first-order chi connectivity index (χ1) is 10.2. The molecule has 0 aliphatic rings. The van der Waals surface area contributed by atoms with Crippen LogP contribution in [0.4, 0.5) is 0 Å². The Morgan fingerprint density at radius 2 is 0.952 bits per heavy atom. The fraction of sp³-hybridized carbons (Fsp3) is 0.882. The van der Waals surface area contributed by atoms with Gasteiger partial charge in [0.1, 0.15) is 0 Å². The standard InChI is InChI=1S/C17H32O4/c1-3-14-20-16(18)12-10-8-6-5-7-9-11-13-17(19)21-15-4-2/h3-15H2,1-2H3. The van der Waals surface area contributed by atoms with Crippen molar-refractivity contribution in [3.63, 3.8) is 0 Å². The summed E-state index contributed by atoms with van der Waals surface area (Å²) < 4.78 is 10.0. The van der Waals surface area contributed by atoms with Crippen LogP contribution in [0.1, 0.15) is 84.5 Å². The summed E-state index contributed by atoms with van der Waals surface area (Å²) in [6.07, 6.45) is 10.4. The molecule has 0 heterocycles. The molecular formula is C17H32O4. The highest BCUT2D eigenvalue weighted by atomic mass is 16.5. The Hall–Kier alpha value is -1.06. The van der Waals surface area contributed by atoms with Gasteiger partial charge in [0.25, 0.3) is 0 Å². The fourth-order valence-electron chi connectivity index (χ4n) is 2.00. The lowest BCUT2D eigenvalue weighted by molar-refractivity contribution is -0.144. The predicted octanol–water partition coefficient (Wildman–Crippen LogP) is 4.40. The van der Waals surface area contributed by atoms with Crippen molar-refractivity contribution in [2.75, 3.05) is 13.2 Å². The van der Waals surface area contributed by atoms with E-state index < -0.39 is 0 Å². The second-order valence-electron chi connectivity index (χ2n) is 5.42. The Morgan fingerprint density at radius 1 is 0.619 bits per heavy atom. The molecule has 0 unspecified atom stereocenters. The van der Waals surface area contributed by atoms with Crippen LogP contribution in [0.2, 0.25) is 0 Å². The third kappa shape index (κ3) is 15.2.